The second-order valence-corrected chi connectivity index (χ2v) is 46.0. The van der Waals surface area contributed by atoms with Crippen LogP contribution in [0, 0.1) is 17.8 Å². The number of benzene rings is 3. The number of carbonyl (C=O) groups excluding carboxylic acids is 7. The SMILES string of the molecule is CCCCOC(=O)C(C)N.CCCCOC(=O)C(CO)NP(C)(=O)NC(CO)C(=O)OCCCC.CCCCOC(=O)C(N)CO.CCOC(=O)C(C)CN.CCOC(=O)C(C)CNP(C)(=O)O.CCOC(=O)C(C)CNP(C)(=O)OCc1ccccc1.CP(=O)(Cl)Cl.CP(=O)(Cl)OCc1ccccc1.CP(=O)(O)O.CP(=O)(O)OCc1ccccc1. The molecule has 714 valence electrons. The van der Waals surface area contributed by atoms with Gasteiger partial charge in [0.25, 0.3) is 21.8 Å². The van der Waals surface area contributed by atoms with Gasteiger partial charge < -0.3 is 98.8 Å². The van der Waals surface area contributed by atoms with Gasteiger partial charge in [-0.25, -0.2) is 20.3 Å². The van der Waals surface area contributed by atoms with E-state index in [1.807, 2.05) is 119 Å². The molecule has 0 aliphatic carbocycles. The summed E-state index contributed by atoms with van der Waals surface area (Å²) in [6.45, 7) is 28.0. The van der Waals surface area contributed by atoms with E-state index in [1.54, 1.807) is 48.5 Å². The van der Waals surface area contributed by atoms with E-state index in [9.17, 15) is 75.7 Å². The maximum atomic E-state index is 12.6. The van der Waals surface area contributed by atoms with E-state index in [0.29, 0.717) is 59.0 Å². The molecule has 122 heavy (non-hydrogen) atoms. The van der Waals surface area contributed by atoms with Crippen LogP contribution in [0.1, 0.15) is 144 Å². The van der Waals surface area contributed by atoms with Crippen LogP contribution in [0.25, 0.3) is 0 Å². The minimum Gasteiger partial charge on any atom is -0.466 e. The Bertz CT molecular complexity index is 3420. The van der Waals surface area contributed by atoms with E-state index in [1.165, 1.54) is 40.0 Å². The standard InChI is InChI=1S/C15H31N2O7P.C14H22NO4P.C8H10ClO2P.C8H11O3P.C7H16NO4P.C7H15NO3.C7H15NO2.C6H13NO2.CH3Cl2OP.CH5O3P/c1-4-6-8-23-14(20)12(10-18)16-25(3,22)17-13(11-19)15(21)24-9-7-5-2;1-4-18-14(16)12(2)10-15-20(3,17)19-11-13-8-6-5-7-9-13;2*1-12(9,10)11-7-8-5-3-2-4-6-8;1-4-12-7(9)6(2)5-8-13(3,10)11;1-2-3-4-11-7(10)6(8)5-9;1-3-4-5-10-7(9)6(2)8;1-3-9-6(8)5(2)4-7;2*1-5(2,3)4/h12-13,18-19H,4-11H2,1-3H3,(H2,16,17,22);5-9,12H,4,10-11H2,1-3H3,(H,15,17);2-6H,7H2,1H3;2-6H,7H2,1H3,(H,9,10);6H,4-5H2,1-3H3,(H2,8,10,11);6,9H,2-5,8H2,1H3;6H,3-5,8H2,1-2H3;5H,3-4,7H2,1-2H3;1H3;1H3,(H2,2,3,4). The Labute approximate surface area is 735 Å². The molecule has 0 aromatic heterocycles. The largest absolute Gasteiger partial charge is 0.466 e. The fourth-order valence-electron chi connectivity index (χ4n) is 6.83. The quantitative estimate of drug-likeness (QED) is 0.0108. The van der Waals surface area contributed by atoms with Gasteiger partial charge in [0, 0.05) is 66.3 Å². The number of nitrogens with two attached hydrogens (primary N) is 3. The molecule has 3 aromatic carbocycles. The number of rotatable bonds is 45. The lowest BCUT2D eigenvalue weighted by Gasteiger charge is -2.25. The molecule has 0 radical (unpaired) electrons. The predicted octanol–water partition coefficient (Wildman–Crippen LogP) is 11.6. The summed E-state index contributed by atoms with van der Waals surface area (Å²) in [6, 6.07) is 24.5. The highest BCUT2D eigenvalue weighted by Gasteiger charge is 2.32. The summed E-state index contributed by atoms with van der Waals surface area (Å²) in [5, 5.41) is 37.1. The van der Waals surface area contributed by atoms with Gasteiger partial charge in [0.1, 0.15) is 24.2 Å². The Morgan fingerprint density at radius 2 is 0.697 bits per heavy atom. The molecule has 0 saturated heterocycles. The van der Waals surface area contributed by atoms with E-state index >= 15 is 0 Å². The summed E-state index contributed by atoms with van der Waals surface area (Å²) >= 11 is 15.1. The molecular formula is C74H141Cl3N7O31P7. The molecule has 17 N–H and O–H groups in total. The predicted molar refractivity (Wildman–Crippen MR) is 477 cm³/mol. The van der Waals surface area contributed by atoms with E-state index in [4.69, 9.17) is 118 Å². The van der Waals surface area contributed by atoms with Crippen LogP contribution in [0.2, 0.25) is 0 Å². The van der Waals surface area contributed by atoms with Gasteiger partial charge in [0.2, 0.25) is 13.3 Å². The third-order valence-corrected chi connectivity index (χ3v) is 18.6. The average molecular weight is 1950 g/mol. The second kappa shape index (κ2) is 77.8. The summed E-state index contributed by atoms with van der Waals surface area (Å²) in [7, 11) is -16.6. The Kier molecular flexibility index (Phi) is 83.5. The smallest absolute Gasteiger partial charge is 0.325 e. The van der Waals surface area contributed by atoms with Gasteiger partial charge in [-0.1, -0.05) is 165 Å². The summed E-state index contributed by atoms with van der Waals surface area (Å²) in [5.74, 6) is -6.79. The zero-order valence-electron chi connectivity index (χ0n) is 73.6. The molecule has 0 aliphatic heterocycles. The van der Waals surface area contributed by atoms with Crippen molar-refractivity contribution in [1.29, 1.82) is 0 Å². The molecular weight excluding hydrogens is 1810 g/mol. The minimum atomic E-state index is -3.64. The first-order valence-corrected chi connectivity index (χ1v) is 56.1. The van der Waals surface area contributed by atoms with Gasteiger partial charge in [-0.05, 0) is 104 Å². The van der Waals surface area contributed by atoms with Gasteiger partial charge in [0.05, 0.1) is 104 Å². The number of hydrogen-bond acceptors (Lipinski definition) is 30. The Balaban J connectivity index is -0.000000249. The number of nitrogens with one attached hydrogen (secondary N) is 4. The monoisotopic (exact) mass is 1950 g/mol. The van der Waals surface area contributed by atoms with E-state index < -0.39 is 111 Å². The average Bonchev–Trinajstić information content (AvgIpc) is 0.857. The number of unbranched alkanes of at least 4 members (excludes halogenated alkanes) is 4. The molecule has 0 saturated carbocycles. The molecule has 11 unspecified atom stereocenters. The van der Waals surface area contributed by atoms with E-state index in [0.717, 1.165) is 61.9 Å². The van der Waals surface area contributed by atoms with Crippen molar-refractivity contribution >= 4 is 126 Å². The molecule has 0 fully saturated rings. The number of halogens is 3. The summed E-state index contributed by atoms with van der Waals surface area (Å²) < 4.78 is 125. The molecule has 3 aromatic rings. The van der Waals surface area contributed by atoms with Crippen LogP contribution >= 0.6 is 84.0 Å². The van der Waals surface area contributed by atoms with Crippen LogP contribution in [0.3, 0.4) is 0 Å². The zero-order valence-corrected chi connectivity index (χ0v) is 82.1. The van der Waals surface area contributed by atoms with Crippen molar-refractivity contribution < 1.29 is 147 Å². The highest BCUT2D eigenvalue weighted by atomic mass is 35.9. The maximum absolute atomic E-state index is 12.6. The topological polar surface area (TPSA) is 599 Å². The molecule has 48 heteroatoms. The number of hydrogen-bond donors (Lipinski definition) is 14. The first-order chi connectivity index (χ1) is 56.4. The van der Waals surface area contributed by atoms with Crippen molar-refractivity contribution in [1.82, 2.24) is 20.3 Å². The fraction of sp³-hybridized carbons (Fsp3) is 0.662. The molecule has 3 rings (SSSR count). The Hall–Kier alpha value is -4.25. The van der Waals surface area contributed by atoms with Crippen LogP contribution in [-0.4, -0.2) is 233 Å². The minimum absolute atomic E-state index is 0.156. The van der Waals surface area contributed by atoms with Gasteiger partial charge >= 0.3 is 57.0 Å². The number of aliphatic hydroxyl groups excluding tert-OH is 3. The lowest BCUT2D eigenvalue weighted by Crippen LogP contribution is -2.46. The maximum Gasteiger partial charge on any atom is 0.325 e. The molecule has 0 amide bonds. The van der Waals surface area contributed by atoms with E-state index in [2.05, 4.69) is 25.1 Å². The van der Waals surface area contributed by atoms with Crippen molar-refractivity contribution in [3.05, 3.63) is 108 Å². The fourth-order valence-corrected chi connectivity index (χ4v) is 11.1. The Morgan fingerprint density at radius 3 is 0.959 bits per heavy atom. The lowest BCUT2D eigenvalue weighted by molar-refractivity contribution is -0.148. The van der Waals surface area contributed by atoms with Gasteiger partial charge in [-0.3, -0.25) is 65.5 Å². The number of esters is 7. The molecule has 0 spiro atoms. The summed E-state index contributed by atoms with van der Waals surface area (Å²) in [6.07, 6.45) is 6.81. The number of ether oxygens (including phenoxy) is 7. The van der Waals surface area contributed by atoms with Crippen molar-refractivity contribution in [2.75, 3.05) is 132 Å². The van der Waals surface area contributed by atoms with Crippen LogP contribution in [-0.2, 0) is 132 Å². The Morgan fingerprint density at radius 1 is 0.410 bits per heavy atom. The van der Waals surface area contributed by atoms with Crippen LogP contribution < -0.4 is 37.6 Å². The molecule has 0 aliphatic rings. The first kappa shape index (κ1) is 131. The summed E-state index contributed by atoms with van der Waals surface area (Å²) in [5.41, 5.74) is 18.4. The lowest BCUT2D eigenvalue weighted by atomic mass is 10.2. The van der Waals surface area contributed by atoms with E-state index in [-0.39, 0.29) is 81.8 Å². The van der Waals surface area contributed by atoms with Gasteiger partial charge in [-0.15, -0.1) is 0 Å². The molecule has 11 atom stereocenters. The first-order valence-electron chi connectivity index (χ1n) is 38.7. The normalized spacial score (nSPS) is 14.8. The van der Waals surface area contributed by atoms with Crippen molar-refractivity contribution in [2.45, 2.75) is 172 Å². The molecule has 0 bridgehead atoms. The van der Waals surface area contributed by atoms with Crippen molar-refractivity contribution in [3.8, 4) is 0 Å². The zero-order chi connectivity index (χ0) is 95.8. The van der Waals surface area contributed by atoms with Crippen molar-refractivity contribution in [3.63, 3.8) is 0 Å². The van der Waals surface area contributed by atoms with Gasteiger partial charge in [0.15, 0.2) is 0 Å². The third kappa shape index (κ3) is 97.9. The second-order valence-electron chi connectivity index (χ2n) is 26.3. The molecule has 38 nitrogen and oxygen atoms in total. The van der Waals surface area contributed by atoms with Gasteiger partial charge in [-0.2, -0.15) is 0 Å². The van der Waals surface area contributed by atoms with Crippen LogP contribution in [0.4, 0.5) is 0 Å². The third-order valence-electron chi connectivity index (χ3n) is 13.3. The highest BCUT2D eigenvalue weighted by molar-refractivity contribution is 8.08. The summed E-state index contributed by atoms with van der Waals surface area (Å²) in [4.78, 5) is 111. The number of carbonyl (C=O) groups is 7. The van der Waals surface area contributed by atoms with Crippen LogP contribution in [0.15, 0.2) is 91.0 Å². The number of aliphatic hydroxyl groups is 3. The van der Waals surface area contributed by atoms with Crippen molar-refractivity contribution in [2.24, 2.45) is 35.0 Å². The molecule has 0 heterocycles. The van der Waals surface area contributed by atoms with Crippen LogP contribution in [0.5, 0.6) is 0 Å². The highest BCUT2D eigenvalue weighted by Crippen LogP contribution is 2.52.